The Labute approximate surface area is 159 Å². The molecule has 6 nitrogen and oxygen atoms in total. The van der Waals surface area contributed by atoms with Gasteiger partial charge in [0.15, 0.2) is 5.16 Å². The summed E-state index contributed by atoms with van der Waals surface area (Å²) in [4.78, 5) is 16.6. The molecule has 1 atom stereocenters. The lowest BCUT2D eigenvalue weighted by molar-refractivity contribution is -0.147. The van der Waals surface area contributed by atoms with Crippen LogP contribution in [0.15, 0.2) is 35.5 Å². The van der Waals surface area contributed by atoms with Crippen molar-refractivity contribution in [3.63, 3.8) is 0 Å². The molecule has 0 N–H and O–H groups in total. The van der Waals surface area contributed by atoms with Gasteiger partial charge in [-0.25, -0.2) is 0 Å². The molecule has 1 aromatic heterocycles. The largest absolute Gasteiger partial charge is 0.451 e. The third-order valence-corrected chi connectivity index (χ3v) is 5.55. The monoisotopic (exact) mass is 399 g/mol. The Bertz CT molecular complexity index is 788. The predicted octanol–water partition coefficient (Wildman–Crippen LogP) is 2.66. The molecule has 3 rings (SSSR count). The molecule has 2 heterocycles. The first-order valence-corrected chi connectivity index (χ1v) is 9.37. The summed E-state index contributed by atoms with van der Waals surface area (Å²) in [5.74, 6) is -1.18. The molecule has 0 bridgehead atoms. The lowest BCUT2D eigenvalue weighted by atomic mass is 10.2. The second-order valence-corrected chi connectivity index (χ2v) is 7.58. The van der Waals surface area contributed by atoms with Gasteiger partial charge in [0.1, 0.15) is 0 Å². The maximum absolute atomic E-state index is 12.8. The number of carbonyl (C=O) groups is 1. The molecule has 2 aromatic rings. The van der Waals surface area contributed by atoms with Gasteiger partial charge < -0.3 is 14.4 Å². The maximum Gasteiger partial charge on any atom is 0.451 e. The summed E-state index contributed by atoms with van der Waals surface area (Å²) in [5.41, 5.74) is 1.12. The van der Waals surface area contributed by atoms with Gasteiger partial charge in [-0.3, -0.25) is 4.79 Å². The van der Waals surface area contributed by atoms with Gasteiger partial charge in [0, 0.05) is 38.9 Å². The summed E-state index contributed by atoms with van der Waals surface area (Å²) in [6.07, 6.45) is -4.57. The molecule has 0 radical (unpaired) electrons. The average Bonchev–Trinajstić information content (AvgIpc) is 3.02. The number of rotatable bonds is 4. The zero-order chi connectivity index (χ0) is 19.6. The zero-order valence-corrected chi connectivity index (χ0v) is 15.8. The molecule has 27 heavy (non-hydrogen) atoms. The minimum absolute atomic E-state index is 0.0751. The van der Waals surface area contributed by atoms with Crippen LogP contribution < -0.4 is 4.90 Å². The number of amides is 1. The van der Waals surface area contributed by atoms with Crippen molar-refractivity contribution >= 4 is 23.4 Å². The van der Waals surface area contributed by atoms with Crippen LogP contribution in [-0.2, 0) is 18.0 Å². The van der Waals surface area contributed by atoms with Crippen LogP contribution in [0.25, 0.3) is 0 Å². The molecule has 1 aliphatic rings. The maximum atomic E-state index is 12.8. The highest BCUT2D eigenvalue weighted by molar-refractivity contribution is 8.00. The third-order valence-electron chi connectivity index (χ3n) is 4.43. The number of alkyl halides is 3. The summed E-state index contributed by atoms with van der Waals surface area (Å²) in [6, 6.07) is 9.97. The molecule has 10 heteroatoms. The number of carbonyl (C=O) groups excluding carboxylic acids is 1. The first kappa shape index (κ1) is 19.5. The third kappa shape index (κ3) is 4.37. The van der Waals surface area contributed by atoms with E-state index in [-0.39, 0.29) is 11.1 Å². The fourth-order valence-electron chi connectivity index (χ4n) is 2.95. The number of hydrogen-bond acceptors (Lipinski definition) is 5. The molecular weight excluding hydrogens is 379 g/mol. The lowest BCUT2D eigenvalue weighted by Crippen LogP contribution is -2.50. The van der Waals surface area contributed by atoms with Gasteiger partial charge in [-0.05, 0) is 19.1 Å². The summed E-state index contributed by atoms with van der Waals surface area (Å²) in [5, 5.41) is 6.30. The number of nitrogens with zero attached hydrogens (tertiary/aromatic N) is 5. The molecule has 0 spiro atoms. The quantitative estimate of drug-likeness (QED) is 0.740. The van der Waals surface area contributed by atoms with Crippen LogP contribution in [-0.4, -0.2) is 57.0 Å². The van der Waals surface area contributed by atoms with E-state index in [1.807, 2.05) is 30.3 Å². The van der Waals surface area contributed by atoms with Crippen molar-refractivity contribution in [2.75, 3.05) is 31.1 Å². The molecule has 1 aliphatic heterocycles. The first-order chi connectivity index (χ1) is 12.8. The second kappa shape index (κ2) is 7.79. The van der Waals surface area contributed by atoms with Gasteiger partial charge in [0.2, 0.25) is 11.7 Å². The smallest absolute Gasteiger partial charge is 0.368 e. The molecule has 1 amide bonds. The molecule has 146 valence electrons. The number of hydrogen-bond donors (Lipinski definition) is 0. The minimum Gasteiger partial charge on any atom is -0.368 e. The van der Waals surface area contributed by atoms with E-state index in [1.54, 1.807) is 11.8 Å². The topological polar surface area (TPSA) is 54.3 Å². The fourth-order valence-corrected chi connectivity index (χ4v) is 3.85. The van der Waals surface area contributed by atoms with E-state index < -0.39 is 17.3 Å². The lowest BCUT2D eigenvalue weighted by Gasteiger charge is -2.37. The van der Waals surface area contributed by atoms with E-state index in [0.717, 1.165) is 35.1 Å². The van der Waals surface area contributed by atoms with Crippen LogP contribution in [0, 0.1) is 0 Å². The number of anilines is 1. The summed E-state index contributed by atoms with van der Waals surface area (Å²) >= 11 is 0.991. The predicted molar refractivity (Wildman–Crippen MR) is 96.6 cm³/mol. The average molecular weight is 399 g/mol. The molecular formula is C17H20F3N5OS. The van der Waals surface area contributed by atoms with Crippen LogP contribution in [0.1, 0.15) is 12.7 Å². The van der Waals surface area contributed by atoms with E-state index >= 15 is 0 Å². The Balaban J connectivity index is 1.58. The van der Waals surface area contributed by atoms with Crippen LogP contribution in [0.5, 0.6) is 0 Å². The van der Waals surface area contributed by atoms with E-state index in [2.05, 4.69) is 15.1 Å². The highest BCUT2D eigenvalue weighted by Crippen LogP contribution is 2.31. The van der Waals surface area contributed by atoms with Crippen LogP contribution in [0.3, 0.4) is 0 Å². The van der Waals surface area contributed by atoms with E-state index in [4.69, 9.17) is 0 Å². The standard InChI is InChI=1S/C17H20F3N5OS/c1-12(27-16-22-21-15(23(16)2)17(18,19)20)14(26)25-10-8-24(9-11-25)13-6-4-3-5-7-13/h3-7,12H,8-11H2,1-2H3/t12-/m0/s1. The van der Waals surface area contributed by atoms with Gasteiger partial charge in [0.05, 0.1) is 5.25 Å². The van der Waals surface area contributed by atoms with Crippen LogP contribution >= 0.6 is 11.8 Å². The summed E-state index contributed by atoms with van der Waals surface area (Å²) in [6.45, 7) is 4.26. The Morgan fingerprint density at radius 3 is 2.30 bits per heavy atom. The van der Waals surface area contributed by atoms with E-state index in [1.165, 1.54) is 7.05 Å². The van der Waals surface area contributed by atoms with Gasteiger partial charge in [-0.2, -0.15) is 13.2 Å². The molecule has 0 aliphatic carbocycles. The molecule has 0 saturated carbocycles. The number of para-hydroxylation sites is 1. The van der Waals surface area contributed by atoms with Crippen molar-refractivity contribution < 1.29 is 18.0 Å². The number of thioether (sulfide) groups is 1. The van der Waals surface area contributed by atoms with Crippen molar-refractivity contribution in [2.45, 2.75) is 23.5 Å². The molecule has 0 unspecified atom stereocenters. The Kier molecular flexibility index (Phi) is 5.64. The van der Waals surface area contributed by atoms with Gasteiger partial charge in [-0.15, -0.1) is 10.2 Å². The Hall–Kier alpha value is -2.23. The number of aromatic nitrogens is 3. The zero-order valence-electron chi connectivity index (χ0n) is 15.0. The Morgan fingerprint density at radius 2 is 1.74 bits per heavy atom. The SMILES string of the molecule is C[C@H](Sc1nnc(C(F)(F)F)n1C)C(=O)N1CCN(c2ccccc2)CC1. The first-order valence-electron chi connectivity index (χ1n) is 8.49. The molecule has 1 saturated heterocycles. The van der Waals surface area contributed by atoms with Crippen molar-refractivity contribution in [3.05, 3.63) is 36.2 Å². The van der Waals surface area contributed by atoms with Gasteiger partial charge >= 0.3 is 6.18 Å². The number of piperazine rings is 1. The fraction of sp³-hybridized carbons (Fsp3) is 0.471. The molecule has 1 fully saturated rings. The van der Waals surface area contributed by atoms with Crippen LogP contribution in [0.2, 0.25) is 0 Å². The Morgan fingerprint density at radius 1 is 1.11 bits per heavy atom. The van der Waals surface area contributed by atoms with Crippen molar-refractivity contribution in [1.29, 1.82) is 0 Å². The van der Waals surface area contributed by atoms with Crippen molar-refractivity contribution in [3.8, 4) is 0 Å². The van der Waals surface area contributed by atoms with E-state index in [0.29, 0.717) is 13.1 Å². The molecule has 1 aromatic carbocycles. The van der Waals surface area contributed by atoms with Crippen molar-refractivity contribution in [1.82, 2.24) is 19.7 Å². The number of benzene rings is 1. The normalized spacial score (nSPS) is 16.5. The van der Waals surface area contributed by atoms with Crippen LogP contribution in [0.4, 0.5) is 18.9 Å². The summed E-state index contributed by atoms with van der Waals surface area (Å²) in [7, 11) is 1.25. The second-order valence-electron chi connectivity index (χ2n) is 6.27. The summed E-state index contributed by atoms with van der Waals surface area (Å²) < 4.78 is 39.3. The highest BCUT2D eigenvalue weighted by Gasteiger charge is 2.38. The number of halogens is 3. The van der Waals surface area contributed by atoms with E-state index in [9.17, 15) is 18.0 Å². The minimum atomic E-state index is -4.57. The van der Waals surface area contributed by atoms with Gasteiger partial charge in [-0.1, -0.05) is 30.0 Å². The van der Waals surface area contributed by atoms with Crippen molar-refractivity contribution in [2.24, 2.45) is 7.05 Å². The van der Waals surface area contributed by atoms with Gasteiger partial charge in [0.25, 0.3) is 0 Å². The highest BCUT2D eigenvalue weighted by atomic mass is 32.2.